The zero-order valence-electron chi connectivity index (χ0n) is 19.8. The van der Waals surface area contributed by atoms with E-state index in [0.29, 0.717) is 46.8 Å². The van der Waals surface area contributed by atoms with E-state index < -0.39 is 18.3 Å². The monoisotopic (exact) mass is 504 g/mol. The lowest BCUT2D eigenvalue weighted by atomic mass is 9.96. The van der Waals surface area contributed by atoms with Crippen LogP contribution in [-0.2, 0) is 0 Å². The molecule has 2 heterocycles. The Bertz CT molecular complexity index is 1210. The SMILES string of the molecule is COc1ccc(C2CC(C(F)(F)F)n3nc(-c4ccc(C(=O)NCCCO)cc4)cc3N2)cc1OC. The minimum absolute atomic E-state index is 0.0238. The van der Waals surface area contributed by atoms with Crippen molar-refractivity contribution in [3.05, 3.63) is 59.7 Å². The van der Waals surface area contributed by atoms with Gasteiger partial charge in [0, 0.05) is 36.8 Å². The Hall–Kier alpha value is -3.73. The largest absolute Gasteiger partial charge is 0.493 e. The predicted molar refractivity (Wildman–Crippen MR) is 127 cm³/mol. The lowest BCUT2D eigenvalue weighted by Crippen LogP contribution is -2.35. The molecule has 0 fully saturated rings. The van der Waals surface area contributed by atoms with Crippen molar-refractivity contribution in [2.24, 2.45) is 0 Å². The summed E-state index contributed by atoms with van der Waals surface area (Å²) in [5.41, 5.74) is 1.97. The van der Waals surface area contributed by atoms with Gasteiger partial charge in [-0.25, -0.2) is 4.68 Å². The van der Waals surface area contributed by atoms with Crippen molar-refractivity contribution in [2.75, 3.05) is 32.7 Å². The van der Waals surface area contributed by atoms with E-state index in [1.807, 2.05) is 0 Å². The molecule has 0 bridgehead atoms. The second-order valence-corrected chi connectivity index (χ2v) is 8.37. The fourth-order valence-corrected chi connectivity index (χ4v) is 4.18. The fourth-order valence-electron chi connectivity index (χ4n) is 4.18. The quantitative estimate of drug-likeness (QED) is 0.395. The second kappa shape index (κ2) is 10.5. The number of rotatable bonds is 8. The van der Waals surface area contributed by atoms with Crippen molar-refractivity contribution in [1.82, 2.24) is 15.1 Å². The zero-order valence-corrected chi connectivity index (χ0v) is 19.8. The first-order chi connectivity index (χ1) is 17.2. The number of alkyl halides is 3. The number of hydrogen-bond donors (Lipinski definition) is 3. The molecule has 1 aliphatic heterocycles. The third-order valence-electron chi connectivity index (χ3n) is 6.06. The van der Waals surface area contributed by atoms with Gasteiger partial charge in [-0.05, 0) is 36.2 Å². The second-order valence-electron chi connectivity index (χ2n) is 8.37. The Morgan fingerprint density at radius 2 is 1.86 bits per heavy atom. The maximum Gasteiger partial charge on any atom is 0.410 e. The molecule has 3 N–H and O–H groups in total. The summed E-state index contributed by atoms with van der Waals surface area (Å²) in [6, 6.07) is 10.6. The molecule has 1 aromatic heterocycles. The molecule has 0 radical (unpaired) electrons. The van der Waals surface area contributed by atoms with Crippen molar-refractivity contribution in [1.29, 1.82) is 0 Å². The number of hydrogen-bond acceptors (Lipinski definition) is 6. The average molecular weight is 505 g/mol. The van der Waals surface area contributed by atoms with Crippen LogP contribution in [0.5, 0.6) is 11.5 Å². The molecule has 192 valence electrons. The summed E-state index contributed by atoms with van der Waals surface area (Å²) in [5.74, 6) is 0.864. The minimum Gasteiger partial charge on any atom is -0.493 e. The molecule has 2 unspecified atom stereocenters. The van der Waals surface area contributed by atoms with Crippen LogP contribution in [0.2, 0.25) is 0 Å². The lowest BCUT2D eigenvalue weighted by molar-refractivity contribution is -0.173. The summed E-state index contributed by atoms with van der Waals surface area (Å²) in [6.45, 7) is 0.320. The summed E-state index contributed by atoms with van der Waals surface area (Å²) < 4.78 is 53.7. The maximum atomic E-state index is 14.1. The van der Waals surface area contributed by atoms with Gasteiger partial charge in [0.2, 0.25) is 0 Å². The fraction of sp³-hybridized carbons (Fsp3) is 0.360. The number of aliphatic hydroxyl groups excluding tert-OH is 1. The summed E-state index contributed by atoms with van der Waals surface area (Å²) >= 11 is 0. The van der Waals surface area contributed by atoms with E-state index in [1.54, 1.807) is 48.5 Å². The zero-order chi connectivity index (χ0) is 25.9. The Labute approximate surface area is 206 Å². The average Bonchev–Trinajstić information content (AvgIpc) is 3.31. The number of nitrogens with zero attached hydrogens (tertiary/aromatic N) is 2. The molecule has 3 aromatic rings. The highest BCUT2D eigenvalue weighted by Crippen LogP contribution is 2.45. The summed E-state index contributed by atoms with van der Waals surface area (Å²) in [7, 11) is 2.96. The van der Waals surface area contributed by atoms with E-state index in [0.717, 1.165) is 4.68 Å². The highest BCUT2D eigenvalue weighted by molar-refractivity contribution is 5.94. The van der Waals surface area contributed by atoms with E-state index >= 15 is 0 Å². The maximum absolute atomic E-state index is 14.1. The molecule has 0 saturated carbocycles. The number of nitrogens with one attached hydrogen (secondary N) is 2. The van der Waals surface area contributed by atoms with Gasteiger partial charge in [0.1, 0.15) is 5.82 Å². The number of amides is 1. The van der Waals surface area contributed by atoms with Crippen LogP contribution in [0.1, 0.15) is 40.8 Å². The van der Waals surface area contributed by atoms with E-state index in [1.165, 1.54) is 14.2 Å². The highest BCUT2D eigenvalue weighted by Gasteiger charge is 2.46. The molecule has 2 atom stereocenters. The molecule has 4 rings (SSSR count). The number of carbonyl (C=O) groups excluding carboxylic acids is 1. The molecular formula is C25H27F3N4O4. The predicted octanol–water partition coefficient (Wildman–Crippen LogP) is 4.34. The highest BCUT2D eigenvalue weighted by atomic mass is 19.4. The molecular weight excluding hydrogens is 477 g/mol. The number of benzene rings is 2. The van der Waals surface area contributed by atoms with Crippen molar-refractivity contribution >= 4 is 11.7 Å². The first-order valence-electron chi connectivity index (χ1n) is 11.4. The summed E-state index contributed by atoms with van der Waals surface area (Å²) in [4.78, 5) is 12.2. The Kier molecular flexibility index (Phi) is 7.39. The van der Waals surface area contributed by atoms with Crippen molar-refractivity contribution in [3.63, 3.8) is 0 Å². The van der Waals surface area contributed by atoms with Crippen molar-refractivity contribution in [2.45, 2.75) is 31.1 Å². The number of halogens is 3. The molecule has 0 saturated heterocycles. The number of anilines is 1. The topological polar surface area (TPSA) is 97.6 Å². The van der Waals surface area contributed by atoms with Gasteiger partial charge in [0.25, 0.3) is 5.91 Å². The first kappa shape index (κ1) is 25.4. The van der Waals surface area contributed by atoms with Crippen LogP contribution in [0.25, 0.3) is 11.3 Å². The standard InChI is InChI=1S/C25H27F3N4O4/c1-35-20-9-8-17(12-21(20)36-2)18-13-22(25(26,27)28)32-23(30-18)14-19(31-32)15-4-6-16(7-5-15)24(34)29-10-3-11-33/h4-9,12,14,18,22,30,33H,3,10-11,13H2,1-2H3,(H,29,34). The van der Waals surface area contributed by atoms with E-state index in [9.17, 15) is 18.0 Å². The number of methoxy groups -OCH3 is 2. The van der Waals surface area contributed by atoms with E-state index in [2.05, 4.69) is 15.7 Å². The number of aliphatic hydroxyl groups is 1. The summed E-state index contributed by atoms with van der Waals surface area (Å²) in [5, 5.41) is 18.9. The van der Waals surface area contributed by atoms with Crippen LogP contribution >= 0.6 is 0 Å². The third kappa shape index (κ3) is 5.25. The molecule has 0 aliphatic carbocycles. The smallest absolute Gasteiger partial charge is 0.410 e. The van der Waals surface area contributed by atoms with Crippen LogP contribution in [0, 0.1) is 0 Å². The Morgan fingerprint density at radius 3 is 2.50 bits per heavy atom. The number of aromatic nitrogens is 2. The van der Waals surface area contributed by atoms with Crippen LogP contribution in [-0.4, -0.2) is 54.3 Å². The molecule has 1 aliphatic rings. The van der Waals surface area contributed by atoms with Gasteiger partial charge >= 0.3 is 6.18 Å². The van der Waals surface area contributed by atoms with Crippen molar-refractivity contribution < 1.29 is 32.5 Å². The Balaban J connectivity index is 1.61. The van der Waals surface area contributed by atoms with Gasteiger partial charge in [-0.3, -0.25) is 4.79 Å². The van der Waals surface area contributed by atoms with Crippen LogP contribution < -0.4 is 20.1 Å². The third-order valence-corrected chi connectivity index (χ3v) is 6.06. The van der Waals surface area contributed by atoms with Gasteiger partial charge in [-0.15, -0.1) is 0 Å². The summed E-state index contributed by atoms with van der Waals surface area (Å²) in [6.07, 6.45) is -4.31. The normalized spacial score (nSPS) is 17.2. The molecule has 11 heteroatoms. The number of carbonyl (C=O) groups is 1. The van der Waals surface area contributed by atoms with Gasteiger partial charge in [-0.2, -0.15) is 18.3 Å². The molecule has 2 aromatic carbocycles. The minimum atomic E-state index is -4.51. The van der Waals surface area contributed by atoms with Crippen LogP contribution in [0.15, 0.2) is 48.5 Å². The van der Waals surface area contributed by atoms with Crippen molar-refractivity contribution in [3.8, 4) is 22.8 Å². The van der Waals surface area contributed by atoms with Crippen LogP contribution in [0.4, 0.5) is 19.0 Å². The van der Waals surface area contributed by atoms with E-state index in [-0.39, 0.29) is 24.8 Å². The number of fused-ring (bicyclic) bond motifs is 1. The van der Waals surface area contributed by atoms with Gasteiger partial charge in [0.15, 0.2) is 17.5 Å². The van der Waals surface area contributed by atoms with Gasteiger partial charge < -0.3 is 25.2 Å². The Morgan fingerprint density at radius 1 is 1.14 bits per heavy atom. The van der Waals surface area contributed by atoms with Gasteiger partial charge in [-0.1, -0.05) is 18.2 Å². The van der Waals surface area contributed by atoms with Gasteiger partial charge in [0.05, 0.1) is 26.0 Å². The van der Waals surface area contributed by atoms with E-state index in [4.69, 9.17) is 14.6 Å². The van der Waals surface area contributed by atoms with Crippen LogP contribution in [0.3, 0.4) is 0 Å². The first-order valence-corrected chi connectivity index (χ1v) is 11.4. The molecule has 8 nitrogen and oxygen atoms in total. The molecule has 1 amide bonds. The number of ether oxygens (including phenoxy) is 2. The lowest BCUT2D eigenvalue weighted by Gasteiger charge is -2.33. The molecule has 0 spiro atoms. The molecule has 36 heavy (non-hydrogen) atoms.